The molecule has 0 bridgehead atoms. The van der Waals surface area contributed by atoms with Gasteiger partial charge in [-0.05, 0) is 49.3 Å². The SMILES string of the molecule is CC(C)C(C#N)(CCN(C)C)c1cccc2ccccc12. The Bertz CT molecular complexity index is 647. The van der Waals surface area contributed by atoms with Crippen LogP contribution in [0.5, 0.6) is 0 Å². The summed E-state index contributed by atoms with van der Waals surface area (Å²) in [6.45, 7) is 5.22. The lowest BCUT2D eigenvalue weighted by Crippen LogP contribution is -2.34. The highest BCUT2D eigenvalue weighted by Crippen LogP contribution is 2.39. The van der Waals surface area contributed by atoms with E-state index in [0.29, 0.717) is 0 Å². The van der Waals surface area contributed by atoms with Gasteiger partial charge in [-0.1, -0.05) is 56.3 Å². The zero-order valence-electron chi connectivity index (χ0n) is 13.4. The summed E-state index contributed by atoms with van der Waals surface area (Å²) in [6.07, 6.45) is 0.849. The summed E-state index contributed by atoms with van der Waals surface area (Å²) in [5, 5.41) is 12.4. The Balaban J connectivity index is 2.61. The molecule has 0 aromatic heterocycles. The highest BCUT2D eigenvalue weighted by molar-refractivity contribution is 5.87. The Morgan fingerprint density at radius 1 is 1.10 bits per heavy atom. The monoisotopic (exact) mass is 280 g/mol. The quantitative estimate of drug-likeness (QED) is 0.820. The maximum absolute atomic E-state index is 10.0. The molecule has 0 saturated heterocycles. The number of nitrogens with zero attached hydrogens (tertiary/aromatic N) is 2. The van der Waals surface area contributed by atoms with Gasteiger partial charge in [-0.3, -0.25) is 0 Å². The van der Waals surface area contributed by atoms with Gasteiger partial charge in [0.25, 0.3) is 0 Å². The molecule has 2 heteroatoms. The molecule has 1 unspecified atom stereocenters. The van der Waals surface area contributed by atoms with Crippen LogP contribution in [0.25, 0.3) is 10.8 Å². The molecule has 0 amide bonds. The van der Waals surface area contributed by atoms with Crippen molar-refractivity contribution in [3.8, 4) is 6.07 Å². The third-order valence-corrected chi connectivity index (χ3v) is 4.41. The second-order valence-corrected chi connectivity index (χ2v) is 6.32. The number of hydrogen-bond acceptors (Lipinski definition) is 2. The van der Waals surface area contributed by atoms with Gasteiger partial charge in [0.15, 0.2) is 0 Å². The molecule has 0 spiro atoms. The number of nitriles is 1. The summed E-state index contributed by atoms with van der Waals surface area (Å²) in [5.41, 5.74) is 0.727. The van der Waals surface area contributed by atoms with Crippen LogP contribution in [0.1, 0.15) is 25.8 Å². The van der Waals surface area contributed by atoms with Crippen molar-refractivity contribution in [2.24, 2.45) is 5.92 Å². The minimum Gasteiger partial charge on any atom is -0.309 e. The topological polar surface area (TPSA) is 27.0 Å². The highest BCUT2D eigenvalue weighted by Gasteiger charge is 2.36. The molecule has 0 saturated carbocycles. The Morgan fingerprint density at radius 2 is 1.76 bits per heavy atom. The van der Waals surface area contributed by atoms with Crippen molar-refractivity contribution in [1.82, 2.24) is 4.90 Å². The largest absolute Gasteiger partial charge is 0.309 e. The number of hydrogen-bond donors (Lipinski definition) is 0. The van der Waals surface area contributed by atoms with Crippen molar-refractivity contribution in [2.75, 3.05) is 20.6 Å². The van der Waals surface area contributed by atoms with Crippen LogP contribution < -0.4 is 0 Å². The van der Waals surface area contributed by atoms with E-state index in [9.17, 15) is 5.26 Å². The molecule has 2 nitrogen and oxygen atoms in total. The lowest BCUT2D eigenvalue weighted by molar-refractivity contribution is 0.304. The molecule has 0 N–H and O–H groups in total. The first kappa shape index (κ1) is 15.5. The van der Waals surface area contributed by atoms with Crippen LogP contribution in [0.2, 0.25) is 0 Å². The summed E-state index contributed by atoms with van der Waals surface area (Å²) in [4.78, 5) is 2.15. The summed E-state index contributed by atoms with van der Waals surface area (Å²) >= 11 is 0. The summed E-state index contributed by atoms with van der Waals surface area (Å²) < 4.78 is 0. The molecular weight excluding hydrogens is 256 g/mol. The van der Waals surface area contributed by atoms with E-state index in [4.69, 9.17) is 0 Å². The lowest BCUT2D eigenvalue weighted by Gasteiger charge is -2.33. The van der Waals surface area contributed by atoms with Crippen molar-refractivity contribution in [2.45, 2.75) is 25.7 Å². The van der Waals surface area contributed by atoms with E-state index < -0.39 is 5.41 Å². The Morgan fingerprint density at radius 3 is 2.38 bits per heavy atom. The second kappa shape index (κ2) is 6.28. The van der Waals surface area contributed by atoms with Crippen LogP contribution in [-0.2, 0) is 5.41 Å². The predicted octanol–water partition coefficient (Wildman–Crippen LogP) is 4.21. The lowest BCUT2D eigenvalue weighted by atomic mass is 9.69. The van der Waals surface area contributed by atoms with Crippen LogP contribution in [0.15, 0.2) is 42.5 Å². The molecule has 0 aliphatic carbocycles. The summed E-state index contributed by atoms with van der Waals surface area (Å²) in [6, 6.07) is 17.3. The molecule has 1 atom stereocenters. The third-order valence-electron chi connectivity index (χ3n) is 4.41. The molecule has 0 aliphatic heterocycles. The minimum atomic E-state index is -0.439. The number of rotatable bonds is 5. The van der Waals surface area contributed by atoms with Gasteiger partial charge in [0, 0.05) is 0 Å². The minimum absolute atomic E-state index is 0.272. The third kappa shape index (κ3) is 2.94. The molecule has 0 aliphatic rings. The van der Waals surface area contributed by atoms with E-state index in [-0.39, 0.29) is 5.92 Å². The fourth-order valence-electron chi connectivity index (χ4n) is 2.99. The Labute approximate surface area is 128 Å². The van der Waals surface area contributed by atoms with E-state index in [0.717, 1.165) is 13.0 Å². The van der Waals surface area contributed by atoms with Crippen LogP contribution in [0, 0.1) is 17.2 Å². The zero-order valence-corrected chi connectivity index (χ0v) is 13.4. The fourth-order valence-corrected chi connectivity index (χ4v) is 2.99. The van der Waals surface area contributed by atoms with E-state index in [1.54, 1.807) is 0 Å². The molecule has 0 radical (unpaired) electrons. The van der Waals surface area contributed by atoms with E-state index in [2.05, 4.69) is 81.4 Å². The smallest absolute Gasteiger partial charge is 0.0863 e. The Hall–Kier alpha value is -1.85. The van der Waals surface area contributed by atoms with Gasteiger partial charge in [-0.15, -0.1) is 0 Å². The predicted molar refractivity (Wildman–Crippen MR) is 89.2 cm³/mol. The second-order valence-electron chi connectivity index (χ2n) is 6.32. The van der Waals surface area contributed by atoms with Crippen LogP contribution in [0.4, 0.5) is 0 Å². The molecule has 0 heterocycles. The first-order chi connectivity index (χ1) is 10.0. The van der Waals surface area contributed by atoms with Crippen molar-refractivity contribution < 1.29 is 0 Å². The van der Waals surface area contributed by atoms with E-state index >= 15 is 0 Å². The standard InChI is InChI=1S/C19H24N2/c1-15(2)19(14-20,12-13-21(3)4)18-11-7-9-16-8-5-6-10-17(16)18/h5-11,15H,12-13H2,1-4H3. The Kier molecular flexibility index (Phi) is 4.65. The van der Waals surface area contributed by atoms with Gasteiger partial charge in [0.05, 0.1) is 11.5 Å². The number of benzene rings is 2. The van der Waals surface area contributed by atoms with Gasteiger partial charge >= 0.3 is 0 Å². The maximum atomic E-state index is 10.0. The molecule has 21 heavy (non-hydrogen) atoms. The molecule has 2 aromatic rings. The number of fused-ring (bicyclic) bond motifs is 1. The molecule has 2 rings (SSSR count). The van der Waals surface area contributed by atoms with E-state index in [1.165, 1.54) is 16.3 Å². The summed E-state index contributed by atoms with van der Waals surface area (Å²) in [5.74, 6) is 0.272. The first-order valence-electron chi connectivity index (χ1n) is 7.55. The van der Waals surface area contributed by atoms with E-state index in [1.807, 2.05) is 0 Å². The normalized spacial score (nSPS) is 14.3. The molecule has 110 valence electrons. The highest BCUT2D eigenvalue weighted by atomic mass is 15.0. The average molecular weight is 280 g/mol. The van der Waals surface area contributed by atoms with Crippen molar-refractivity contribution in [1.29, 1.82) is 5.26 Å². The van der Waals surface area contributed by atoms with Crippen molar-refractivity contribution in [3.63, 3.8) is 0 Å². The molecular formula is C19H24N2. The molecule has 0 fully saturated rings. The first-order valence-corrected chi connectivity index (χ1v) is 7.55. The van der Waals surface area contributed by atoms with Crippen molar-refractivity contribution >= 4 is 10.8 Å². The van der Waals surface area contributed by atoms with Gasteiger partial charge in [0.2, 0.25) is 0 Å². The maximum Gasteiger partial charge on any atom is 0.0863 e. The summed E-state index contributed by atoms with van der Waals surface area (Å²) in [7, 11) is 4.12. The van der Waals surface area contributed by atoms with Crippen LogP contribution in [0.3, 0.4) is 0 Å². The van der Waals surface area contributed by atoms with Crippen LogP contribution >= 0.6 is 0 Å². The zero-order chi connectivity index (χ0) is 15.5. The van der Waals surface area contributed by atoms with Crippen molar-refractivity contribution in [3.05, 3.63) is 48.0 Å². The van der Waals surface area contributed by atoms with Crippen LogP contribution in [-0.4, -0.2) is 25.5 Å². The molecule has 2 aromatic carbocycles. The van der Waals surface area contributed by atoms with Gasteiger partial charge < -0.3 is 4.90 Å². The average Bonchev–Trinajstić information content (AvgIpc) is 2.48. The van der Waals surface area contributed by atoms with Gasteiger partial charge in [0.1, 0.15) is 0 Å². The van der Waals surface area contributed by atoms with Gasteiger partial charge in [-0.2, -0.15) is 5.26 Å². The van der Waals surface area contributed by atoms with Gasteiger partial charge in [-0.25, -0.2) is 0 Å². The fraction of sp³-hybridized carbons (Fsp3) is 0.421.